The Morgan fingerprint density at radius 2 is 1.76 bits per heavy atom. The summed E-state index contributed by atoms with van der Waals surface area (Å²) in [7, 11) is 0. The molecular formula is C30H25FN4O3. The Kier molecular flexibility index (Phi) is 7.21. The molecule has 0 saturated heterocycles. The molecule has 8 heteroatoms. The molecule has 1 amide bonds. The van der Waals surface area contributed by atoms with Crippen molar-refractivity contribution in [3.63, 3.8) is 0 Å². The second kappa shape index (κ2) is 11.0. The maximum absolute atomic E-state index is 14.3. The Morgan fingerprint density at radius 3 is 2.50 bits per heavy atom. The first-order valence-corrected chi connectivity index (χ1v) is 12.2. The number of benzene rings is 3. The van der Waals surface area contributed by atoms with E-state index >= 15 is 0 Å². The van der Waals surface area contributed by atoms with Crippen LogP contribution in [-0.2, 0) is 17.9 Å². The van der Waals surface area contributed by atoms with Gasteiger partial charge in [0.2, 0.25) is 5.91 Å². The standard InChI is InChI=1S/C30H25FN4O3/c31-24-8-4-7-23(15-24)26(17-30(36)33-18-21-11-13-32-14-12-21)28-20-34(19-22-5-2-1-3-6-22)29-10-9-25(35(37)38)16-27(28)29/h1-16,20,26H,17-19H2,(H,33,36)/t26-/m0/s1. The van der Waals surface area contributed by atoms with Gasteiger partial charge in [0.25, 0.3) is 5.69 Å². The molecule has 0 saturated carbocycles. The van der Waals surface area contributed by atoms with Crippen LogP contribution in [0.4, 0.5) is 10.1 Å². The number of carbonyl (C=O) groups excluding carboxylic acids is 1. The number of nitrogens with zero attached hydrogens (tertiary/aromatic N) is 3. The number of nitro groups is 1. The molecule has 0 fully saturated rings. The highest BCUT2D eigenvalue weighted by molar-refractivity contribution is 5.88. The summed E-state index contributed by atoms with van der Waals surface area (Å²) in [6, 6.07) is 24.4. The summed E-state index contributed by atoms with van der Waals surface area (Å²) in [5, 5.41) is 15.2. The third-order valence-corrected chi connectivity index (χ3v) is 6.56. The van der Waals surface area contributed by atoms with Crippen molar-refractivity contribution in [2.75, 3.05) is 0 Å². The molecule has 1 atom stereocenters. The molecule has 0 radical (unpaired) electrons. The van der Waals surface area contributed by atoms with E-state index in [1.807, 2.05) is 53.2 Å². The number of nitrogens with one attached hydrogen (secondary N) is 1. The van der Waals surface area contributed by atoms with Crippen LogP contribution in [0.2, 0.25) is 0 Å². The zero-order valence-electron chi connectivity index (χ0n) is 20.5. The lowest BCUT2D eigenvalue weighted by Gasteiger charge is -2.17. The van der Waals surface area contributed by atoms with E-state index in [-0.39, 0.29) is 18.0 Å². The Morgan fingerprint density at radius 1 is 0.974 bits per heavy atom. The average molecular weight is 509 g/mol. The lowest BCUT2D eigenvalue weighted by Crippen LogP contribution is -2.25. The second-order valence-corrected chi connectivity index (χ2v) is 9.10. The topological polar surface area (TPSA) is 90.1 Å². The van der Waals surface area contributed by atoms with Gasteiger partial charge in [-0.05, 0) is 52.6 Å². The van der Waals surface area contributed by atoms with Crippen LogP contribution in [0.3, 0.4) is 0 Å². The Hall–Kier alpha value is -4.85. The van der Waals surface area contributed by atoms with Crippen LogP contribution in [0.1, 0.15) is 34.6 Å². The molecule has 2 heterocycles. The number of carbonyl (C=O) groups is 1. The largest absolute Gasteiger partial charge is 0.352 e. The summed E-state index contributed by atoms with van der Waals surface area (Å²) in [5.74, 6) is -1.15. The van der Waals surface area contributed by atoms with Crippen molar-refractivity contribution in [2.45, 2.75) is 25.4 Å². The van der Waals surface area contributed by atoms with Crippen molar-refractivity contribution in [1.82, 2.24) is 14.9 Å². The van der Waals surface area contributed by atoms with Gasteiger partial charge in [0.15, 0.2) is 0 Å². The summed E-state index contributed by atoms with van der Waals surface area (Å²) < 4.78 is 16.3. The van der Waals surface area contributed by atoms with Crippen molar-refractivity contribution >= 4 is 22.5 Å². The number of rotatable bonds is 9. The van der Waals surface area contributed by atoms with Crippen LogP contribution in [0.25, 0.3) is 10.9 Å². The molecule has 190 valence electrons. The summed E-state index contributed by atoms with van der Waals surface area (Å²) in [6.45, 7) is 0.873. The molecule has 5 rings (SSSR count). The number of hydrogen-bond donors (Lipinski definition) is 1. The molecular weight excluding hydrogens is 483 g/mol. The first kappa shape index (κ1) is 24.8. The highest BCUT2D eigenvalue weighted by Gasteiger charge is 2.25. The maximum Gasteiger partial charge on any atom is 0.270 e. The molecule has 2 aromatic heterocycles. The highest BCUT2D eigenvalue weighted by atomic mass is 19.1. The van der Waals surface area contributed by atoms with Crippen LogP contribution in [0, 0.1) is 15.9 Å². The van der Waals surface area contributed by atoms with Crippen molar-refractivity contribution in [3.05, 3.63) is 142 Å². The smallest absolute Gasteiger partial charge is 0.270 e. The van der Waals surface area contributed by atoms with Crippen LogP contribution in [0.15, 0.2) is 104 Å². The Bertz CT molecular complexity index is 1590. The first-order chi connectivity index (χ1) is 18.5. The molecule has 1 N–H and O–H groups in total. The first-order valence-electron chi connectivity index (χ1n) is 12.2. The fraction of sp³-hybridized carbons (Fsp3) is 0.133. The maximum atomic E-state index is 14.3. The minimum atomic E-state index is -0.523. The highest BCUT2D eigenvalue weighted by Crippen LogP contribution is 2.37. The van der Waals surface area contributed by atoms with E-state index in [2.05, 4.69) is 10.3 Å². The zero-order valence-corrected chi connectivity index (χ0v) is 20.5. The van der Waals surface area contributed by atoms with Crippen LogP contribution in [0.5, 0.6) is 0 Å². The van der Waals surface area contributed by atoms with E-state index in [1.165, 1.54) is 24.3 Å². The van der Waals surface area contributed by atoms with Gasteiger partial charge in [0, 0.05) is 67.1 Å². The van der Waals surface area contributed by atoms with Crippen LogP contribution >= 0.6 is 0 Å². The number of fused-ring (bicyclic) bond motifs is 1. The predicted octanol–water partition coefficient (Wildman–Crippen LogP) is 5.97. The van der Waals surface area contributed by atoms with Gasteiger partial charge in [-0.25, -0.2) is 4.39 Å². The van der Waals surface area contributed by atoms with Gasteiger partial charge in [0.1, 0.15) is 5.82 Å². The molecule has 0 aliphatic carbocycles. The molecule has 0 unspecified atom stereocenters. The van der Waals surface area contributed by atoms with E-state index in [4.69, 9.17) is 0 Å². The van der Waals surface area contributed by atoms with Gasteiger partial charge in [0.05, 0.1) is 4.92 Å². The van der Waals surface area contributed by atoms with Gasteiger partial charge in [-0.2, -0.15) is 0 Å². The van der Waals surface area contributed by atoms with Crippen LogP contribution < -0.4 is 5.32 Å². The molecule has 0 aliphatic rings. The number of aromatic nitrogens is 2. The number of amides is 1. The average Bonchev–Trinajstić information content (AvgIpc) is 3.28. The fourth-order valence-corrected chi connectivity index (χ4v) is 4.70. The fourth-order valence-electron chi connectivity index (χ4n) is 4.70. The minimum absolute atomic E-state index is 0.0433. The summed E-state index contributed by atoms with van der Waals surface area (Å²) in [5.41, 5.74) is 4.07. The molecule has 38 heavy (non-hydrogen) atoms. The lowest BCUT2D eigenvalue weighted by molar-refractivity contribution is -0.384. The van der Waals surface area contributed by atoms with E-state index < -0.39 is 16.7 Å². The minimum Gasteiger partial charge on any atom is -0.352 e. The Balaban J connectivity index is 1.57. The number of nitro benzene ring substituents is 1. The molecule has 0 spiro atoms. The van der Waals surface area contributed by atoms with Crippen molar-refractivity contribution < 1.29 is 14.1 Å². The summed E-state index contributed by atoms with van der Waals surface area (Å²) in [4.78, 5) is 28.3. The molecule has 5 aromatic rings. The van der Waals surface area contributed by atoms with Crippen molar-refractivity contribution in [3.8, 4) is 0 Å². The van der Waals surface area contributed by atoms with Gasteiger partial charge in [-0.15, -0.1) is 0 Å². The van der Waals surface area contributed by atoms with E-state index in [0.717, 1.165) is 22.2 Å². The van der Waals surface area contributed by atoms with Gasteiger partial charge in [-0.1, -0.05) is 42.5 Å². The molecule has 0 aliphatic heterocycles. The van der Waals surface area contributed by atoms with Crippen LogP contribution in [-0.4, -0.2) is 20.4 Å². The predicted molar refractivity (Wildman–Crippen MR) is 143 cm³/mol. The normalized spacial score (nSPS) is 11.8. The Labute approximate surface area is 218 Å². The third-order valence-electron chi connectivity index (χ3n) is 6.56. The number of halogens is 1. The molecule has 3 aromatic carbocycles. The van der Waals surface area contributed by atoms with E-state index in [1.54, 1.807) is 30.6 Å². The number of pyridine rings is 1. The van der Waals surface area contributed by atoms with E-state index in [9.17, 15) is 19.3 Å². The van der Waals surface area contributed by atoms with Gasteiger partial charge >= 0.3 is 0 Å². The van der Waals surface area contributed by atoms with Crippen molar-refractivity contribution in [1.29, 1.82) is 0 Å². The number of non-ortho nitro benzene ring substituents is 1. The lowest BCUT2D eigenvalue weighted by atomic mass is 9.88. The molecule has 0 bridgehead atoms. The van der Waals surface area contributed by atoms with Gasteiger partial charge < -0.3 is 9.88 Å². The monoisotopic (exact) mass is 508 g/mol. The molecule has 7 nitrogen and oxygen atoms in total. The van der Waals surface area contributed by atoms with E-state index in [0.29, 0.717) is 24.0 Å². The summed E-state index contributed by atoms with van der Waals surface area (Å²) >= 11 is 0. The number of hydrogen-bond acceptors (Lipinski definition) is 4. The SMILES string of the molecule is O=C(C[C@@H](c1cccc(F)c1)c1cn(Cc2ccccc2)c2ccc([N+](=O)[O-])cc12)NCc1ccncc1. The third kappa shape index (κ3) is 5.59. The van der Waals surface area contributed by atoms with Crippen molar-refractivity contribution in [2.24, 2.45) is 0 Å². The summed E-state index contributed by atoms with van der Waals surface area (Å²) in [6.07, 6.45) is 5.28. The van der Waals surface area contributed by atoms with Gasteiger partial charge in [-0.3, -0.25) is 19.9 Å². The second-order valence-electron chi connectivity index (χ2n) is 9.10. The quantitative estimate of drug-likeness (QED) is 0.196. The zero-order chi connectivity index (χ0) is 26.5.